The first-order valence-electron chi connectivity index (χ1n) is 7.25. The van der Waals surface area contributed by atoms with Gasteiger partial charge < -0.3 is 19.9 Å². The predicted octanol–water partition coefficient (Wildman–Crippen LogP) is 3.13. The minimum absolute atomic E-state index is 0.125. The number of esters is 1. The number of nitrogens with one attached hydrogen (secondary N) is 1. The van der Waals surface area contributed by atoms with Crippen molar-refractivity contribution in [3.05, 3.63) is 48.2 Å². The Hall–Kier alpha value is -3.23. The molecule has 0 radical (unpaired) electrons. The monoisotopic (exact) mass is 368 g/mol. The van der Waals surface area contributed by atoms with Gasteiger partial charge in [0.15, 0.2) is 11.5 Å². The summed E-state index contributed by atoms with van der Waals surface area (Å²) in [6.07, 6.45) is -3.35. The van der Waals surface area contributed by atoms with Crippen molar-refractivity contribution in [2.45, 2.75) is 6.18 Å². The smallest absolute Gasteiger partial charge is 0.491 e. The third-order valence-electron chi connectivity index (χ3n) is 3.29. The molecule has 2 rings (SSSR count). The van der Waals surface area contributed by atoms with Crippen LogP contribution in [0.3, 0.4) is 0 Å². The van der Waals surface area contributed by atoms with Crippen molar-refractivity contribution in [1.29, 1.82) is 5.41 Å². The van der Waals surface area contributed by atoms with E-state index in [0.29, 0.717) is 28.7 Å². The molecule has 0 atom stereocenters. The molecule has 0 aliphatic rings. The highest BCUT2D eigenvalue weighted by Crippen LogP contribution is 2.36. The van der Waals surface area contributed by atoms with Crippen LogP contribution in [0.25, 0.3) is 10.8 Å². The number of alkyl halides is 3. The molecule has 0 spiro atoms. The van der Waals surface area contributed by atoms with Gasteiger partial charge in [-0.25, -0.2) is 4.79 Å². The maximum absolute atomic E-state index is 12.0. The molecule has 138 valence electrons. The molecule has 0 amide bonds. The summed E-state index contributed by atoms with van der Waals surface area (Å²) >= 11 is 0. The van der Waals surface area contributed by atoms with Crippen LogP contribution in [0.2, 0.25) is 0 Å². The van der Waals surface area contributed by atoms with Gasteiger partial charge in [0, 0.05) is 10.9 Å². The van der Waals surface area contributed by atoms with E-state index >= 15 is 0 Å². The van der Waals surface area contributed by atoms with Crippen molar-refractivity contribution < 1.29 is 32.2 Å². The maximum Gasteiger partial charge on any atom is 0.491 e. The minimum atomic E-state index is -5.06. The lowest BCUT2D eigenvalue weighted by atomic mass is 10.0. The number of amidine groups is 1. The topological polar surface area (TPSA) is 94.6 Å². The lowest BCUT2D eigenvalue weighted by Crippen LogP contribution is -2.23. The number of nitrogen functional groups attached to an aromatic ring is 1. The van der Waals surface area contributed by atoms with Crippen LogP contribution < -0.4 is 15.2 Å². The van der Waals surface area contributed by atoms with Crippen LogP contribution in [-0.4, -0.2) is 31.7 Å². The third-order valence-corrected chi connectivity index (χ3v) is 3.29. The zero-order chi connectivity index (χ0) is 19.3. The van der Waals surface area contributed by atoms with E-state index in [2.05, 4.69) is 4.74 Å². The molecule has 0 bridgehead atoms. The van der Waals surface area contributed by atoms with Crippen molar-refractivity contribution in [2.75, 3.05) is 13.7 Å². The number of halogens is 3. The van der Waals surface area contributed by atoms with E-state index < -0.39 is 12.1 Å². The first kappa shape index (κ1) is 19.1. The molecule has 6 nitrogen and oxygen atoms in total. The van der Waals surface area contributed by atoms with E-state index in [1.807, 2.05) is 0 Å². The molecule has 26 heavy (non-hydrogen) atoms. The number of benzene rings is 2. The number of nitrogens with two attached hydrogens (primary N) is 1. The van der Waals surface area contributed by atoms with Crippen molar-refractivity contribution in [3.63, 3.8) is 0 Å². The zero-order valence-electron chi connectivity index (χ0n) is 13.6. The molecule has 0 aromatic heterocycles. The third kappa shape index (κ3) is 4.44. The van der Waals surface area contributed by atoms with Gasteiger partial charge in [-0.3, -0.25) is 5.41 Å². The molecule has 0 aliphatic heterocycles. The average Bonchev–Trinajstić information content (AvgIpc) is 2.59. The lowest BCUT2D eigenvalue weighted by Gasteiger charge is -2.13. The van der Waals surface area contributed by atoms with E-state index in [1.165, 1.54) is 7.11 Å². The van der Waals surface area contributed by atoms with Crippen LogP contribution in [0, 0.1) is 5.41 Å². The second-order valence-electron chi connectivity index (χ2n) is 5.03. The van der Waals surface area contributed by atoms with E-state index in [-0.39, 0.29) is 12.4 Å². The van der Waals surface area contributed by atoms with Gasteiger partial charge in [-0.15, -0.1) is 0 Å². The molecular formula is C17H15F3N2O4. The highest BCUT2D eigenvalue weighted by atomic mass is 19.4. The molecule has 0 saturated carbocycles. The average molecular weight is 368 g/mol. The van der Waals surface area contributed by atoms with Crippen LogP contribution in [0.15, 0.2) is 42.7 Å². The van der Waals surface area contributed by atoms with Crippen molar-refractivity contribution >= 4 is 22.6 Å². The summed E-state index contributed by atoms with van der Waals surface area (Å²) in [7, 11) is 1.43. The molecular weight excluding hydrogens is 353 g/mol. The normalized spacial score (nSPS) is 11.5. The molecule has 0 saturated heterocycles. The first-order valence-corrected chi connectivity index (χ1v) is 7.25. The fraction of sp³-hybridized carbons (Fsp3) is 0.176. The molecule has 0 aliphatic carbocycles. The summed E-state index contributed by atoms with van der Waals surface area (Å²) in [6.45, 7) is -0.176. The highest BCUT2D eigenvalue weighted by molar-refractivity contribution is 6.01. The molecule has 0 heterocycles. The summed E-state index contributed by atoms with van der Waals surface area (Å²) in [5, 5.41) is 8.92. The van der Waals surface area contributed by atoms with E-state index in [4.69, 9.17) is 20.6 Å². The summed E-state index contributed by atoms with van der Waals surface area (Å²) in [5.41, 5.74) is 5.97. The Balaban J connectivity index is 2.20. The lowest BCUT2D eigenvalue weighted by molar-refractivity contribution is -0.193. The van der Waals surface area contributed by atoms with Crippen molar-refractivity contribution in [2.24, 2.45) is 5.73 Å². The van der Waals surface area contributed by atoms with Crippen LogP contribution >= 0.6 is 0 Å². The summed E-state index contributed by atoms with van der Waals surface area (Å²) in [6, 6.07) is 8.52. The molecule has 0 unspecified atom stereocenters. The number of rotatable bonds is 6. The van der Waals surface area contributed by atoms with E-state index in [1.54, 1.807) is 30.3 Å². The fourth-order valence-corrected chi connectivity index (χ4v) is 2.10. The summed E-state index contributed by atoms with van der Waals surface area (Å²) < 4.78 is 50.8. The molecule has 2 aromatic rings. The molecule has 2 aromatic carbocycles. The summed E-state index contributed by atoms with van der Waals surface area (Å²) in [5.74, 6) is -1.74. The minimum Gasteiger partial charge on any atom is -0.493 e. The number of hydrogen-bond acceptors (Lipinski definition) is 5. The largest absolute Gasteiger partial charge is 0.493 e. The Morgan fingerprint density at radius 1 is 1.27 bits per heavy atom. The number of carbonyl (C=O) groups excluding carboxylic acids is 1. The molecule has 0 fully saturated rings. The zero-order valence-corrected chi connectivity index (χ0v) is 13.6. The van der Waals surface area contributed by atoms with Gasteiger partial charge in [-0.1, -0.05) is 18.2 Å². The Kier molecular flexibility index (Phi) is 5.71. The van der Waals surface area contributed by atoms with Gasteiger partial charge in [-0.2, -0.15) is 13.2 Å². The van der Waals surface area contributed by atoms with Gasteiger partial charge in [-0.05, 0) is 23.6 Å². The van der Waals surface area contributed by atoms with Gasteiger partial charge in [0.05, 0.1) is 13.4 Å². The van der Waals surface area contributed by atoms with Crippen LogP contribution in [0.5, 0.6) is 11.5 Å². The number of hydrogen-bond donors (Lipinski definition) is 2. The molecule has 9 heteroatoms. The number of ether oxygens (including phenoxy) is 3. The van der Waals surface area contributed by atoms with E-state index in [9.17, 15) is 18.0 Å². The van der Waals surface area contributed by atoms with Crippen molar-refractivity contribution in [1.82, 2.24) is 0 Å². The second-order valence-corrected chi connectivity index (χ2v) is 5.03. The first-order chi connectivity index (χ1) is 12.2. The van der Waals surface area contributed by atoms with Gasteiger partial charge >= 0.3 is 12.1 Å². The van der Waals surface area contributed by atoms with Gasteiger partial charge in [0.1, 0.15) is 12.4 Å². The van der Waals surface area contributed by atoms with Crippen LogP contribution in [0.1, 0.15) is 5.56 Å². The quantitative estimate of drug-likeness (QED) is 0.354. The summed E-state index contributed by atoms with van der Waals surface area (Å²) in [4.78, 5) is 10.6. The van der Waals surface area contributed by atoms with Crippen LogP contribution in [0.4, 0.5) is 13.2 Å². The Morgan fingerprint density at radius 2 is 1.96 bits per heavy atom. The maximum atomic E-state index is 12.0. The fourth-order valence-electron chi connectivity index (χ4n) is 2.10. The Morgan fingerprint density at radius 3 is 2.58 bits per heavy atom. The van der Waals surface area contributed by atoms with Crippen molar-refractivity contribution in [3.8, 4) is 11.5 Å². The second kappa shape index (κ2) is 7.77. The SMILES string of the molecule is COc1ccc2ccc(C(=N)N)cc2c1OCC=COC(=O)C(F)(F)F. The highest BCUT2D eigenvalue weighted by Gasteiger charge is 2.40. The number of fused-ring (bicyclic) bond motifs is 1. The predicted molar refractivity (Wildman–Crippen MR) is 88.3 cm³/mol. The Bertz CT molecular complexity index is 863. The Labute approximate surface area is 146 Å². The standard InChI is InChI=1S/C17H15F3N2O4/c1-24-13-6-5-10-3-4-11(15(21)22)9-12(10)14(13)25-7-2-8-26-16(23)17(18,19)20/h2-6,8-9H,7H2,1H3,(H3,21,22). The van der Waals surface area contributed by atoms with Gasteiger partial charge in [0.25, 0.3) is 0 Å². The number of methoxy groups -OCH3 is 1. The number of carbonyl (C=O) groups is 1. The van der Waals surface area contributed by atoms with Crippen LogP contribution in [-0.2, 0) is 9.53 Å². The van der Waals surface area contributed by atoms with Gasteiger partial charge in [0.2, 0.25) is 0 Å². The molecule has 3 N–H and O–H groups in total. The van der Waals surface area contributed by atoms with E-state index in [0.717, 1.165) is 11.5 Å².